The van der Waals surface area contributed by atoms with Gasteiger partial charge in [-0.05, 0) is 43.4 Å². The van der Waals surface area contributed by atoms with E-state index in [1.165, 1.54) is 0 Å². The molecule has 1 fully saturated rings. The van der Waals surface area contributed by atoms with Crippen molar-refractivity contribution in [1.29, 1.82) is 0 Å². The maximum absolute atomic E-state index is 12.3. The maximum Gasteiger partial charge on any atom is 0.178 e. The topological polar surface area (TPSA) is 60.2 Å². The Balaban J connectivity index is 2.28. The van der Waals surface area contributed by atoms with Gasteiger partial charge in [0.25, 0.3) is 0 Å². The van der Waals surface area contributed by atoms with Gasteiger partial charge in [-0.15, -0.1) is 0 Å². The second-order valence-corrected chi connectivity index (χ2v) is 6.90. The van der Waals surface area contributed by atoms with Crippen molar-refractivity contribution in [1.82, 2.24) is 0 Å². The number of hydrogen-bond acceptors (Lipinski definition) is 3. The van der Waals surface area contributed by atoms with Gasteiger partial charge < -0.3 is 5.73 Å². The minimum absolute atomic E-state index is 0.275. The monoisotopic (exact) mass is 253 g/mol. The molecule has 0 aliphatic heterocycles. The van der Waals surface area contributed by atoms with E-state index < -0.39 is 9.84 Å². The summed E-state index contributed by atoms with van der Waals surface area (Å²) in [7, 11) is -3.18. The maximum atomic E-state index is 12.3. The average Bonchev–Trinajstić information content (AvgIpc) is 2.73. The summed E-state index contributed by atoms with van der Waals surface area (Å²) in [6, 6.07) is 5.11. The van der Waals surface area contributed by atoms with Crippen LogP contribution in [0.4, 0.5) is 5.69 Å². The summed E-state index contributed by atoms with van der Waals surface area (Å²) in [5, 5.41) is 0. The first-order chi connectivity index (χ1) is 8.00. The molecular formula is C13H19NO2S. The van der Waals surface area contributed by atoms with Gasteiger partial charge in [0.05, 0.1) is 10.6 Å². The molecule has 3 nitrogen and oxygen atoms in total. The van der Waals surface area contributed by atoms with E-state index in [0.29, 0.717) is 22.1 Å². The van der Waals surface area contributed by atoms with Gasteiger partial charge in [0.1, 0.15) is 0 Å². The van der Waals surface area contributed by atoms with Gasteiger partial charge in [-0.3, -0.25) is 0 Å². The minimum Gasteiger partial charge on any atom is -0.398 e. The van der Waals surface area contributed by atoms with Crippen LogP contribution in [0.3, 0.4) is 0 Å². The molecule has 2 N–H and O–H groups in total. The van der Waals surface area contributed by atoms with Gasteiger partial charge in [0.15, 0.2) is 9.84 Å². The summed E-state index contributed by atoms with van der Waals surface area (Å²) in [6.07, 6.45) is 4.41. The molecule has 0 bridgehead atoms. The highest BCUT2D eigenvalue weighted by Gasteiger charge is 2.25. The highest BCUT2D eigenvalue weighted by molar-refractivity contribution is 7.91. The van der Waals surface area contributed by atoms with E-state index >= 15 is 0 Å². The summed E-state index contributed by atoms with van der Waals surface area (Å²) in [5.41, 5.74) is 7.00. The largest absolute Gasteiger partial charge is 0.398 e. The standard InChI is InChI=1S/C13H19NO2S/c1-10-12(14)7-4-8-13(10)17(15,16)9-11-5-2-3-6-11/h4,7-8,11H,2-3,5-6,9,14H2,1H3. The Bertz CT molecular complexity index is 502. The van der Waals surface area contributed by atoms with Crippen LogP contribution in [-0.4, -0.2) is 14.2 Å². The van der Waals surface area contributed by atoms with Crippen molar-refractivity contribution in [3.63, 3.8) is 0 Å². The van der Waals surface area contributed by atoms with Crippen LogP contribution >= 0.6 is 0 Å². The molecule has 0 saturated heterocycles. The molecule has 0 aromatic heterocycles. The molecule has 17 heavy (non-hydrogen) atoms. The first kappa shape index (κ1) is 12.4. The highest BCUT2D eigenvalue weighted by Crippen LogP contribution is 2.29. The predicted octanol–water partition coefficient (Wildman–Crippen LogP) is 2.54. The zero-order valence-corrected chi connectivity index (χ0v) is 11.0. The fourth-order valence-electron chi connectivity index (χ4n) is 2.55. The third kappa shape index (κ3) is 2.63. The zero-order chi connectivity index (χ0) is 12.5. The molecule has 1 saturated carbocycles. The highest BCUT2D eigenvalue weighted by atomic mass is 32.2. The molecule has 0 heterocycles. The third-order valence-electron chi connectivity index (χ3n) is 3.59. The fourth-order valence-corrected chi connectivity index (χ4v) is 4.55. The normalized spacial score (nSPS) is 17.5. The lowest BCUT2D eigenvalue weighted by molar-refractivity contribution is 0.558. The Morgan fingerprint density at radius 2 is 1.94 bits per heavy atom. The van der Waals surface area contributed by atoms with E-state index in [0.717, 1.165) is 25.7 Å². The predicted molar refractivity (Wildman–Crippen MR) is 69.6 cm³/mol. The summed E-state index contributed by atoms with van der Waals surface area (Å²) >= 11 is 0. The van der Waals surface area contributed by atoms with Gasteiger partial charge in [-0.2, -0.15) is 0 Å². The van der Waals surface area contributed by atoms with Crippen molar-refractivity contribution in [2.75, 3.05) is 11.5 Å². The SMILES string of the molecule is Cc1c(N)cccc1S(=O)(=O)CC1CCCC1. The molecule has 1 aliphatic carbocycles. The van der Waals surface area contributed by atoms with Crippen molar-refractivity contribution < 1.29 is 8.42 Å². The summed E-state index contributed by atoms with van der Waals surface area (Å²) in [5.74, 6) is 0.609. The van der Waals surface area contributed by atoms with Crippen LogP contribution in [0.15, 0.2) is 23.1 Å². The number of benzene rings is 1. The molecule has 0 spiro atoms. The van der Waals surface area contributed by atoms with Crippen molar-refractivity contribution in [2.45, 2.75) is 37.5 Å². The Hall–Kier alpha value is -1.03. The summed E-state index contributed by atoms with van der Waals surface area (Å²) in [4.78, 5) is 0.407. The number of anilines is 1. The number of hydrogen-bond donors (Lipinski definition) is 1. The minimum atomic E-state index is -3.18. The Morgan fingerprint density at radius 1 is 1.29 bits per heavy atom. The van der Waals surface area contributed by atoms with Crippen molar-refractivity contribution in [2.24, 2.45) is 5.92 Å². The molecule has 2 rings (SSSR count). The quantitative estimate of drug-likeness (QED) is 0.842. The molecule has 1 aliphatic rings. The molecule has 0 atom stereocenters. The van der Waals surface area contributed by atoms with E-state index in [1.54, 1.807) is 25.1 Å². The van der Waals surface area contributed by atoms with E-state index in [1.807, 2.05) is 0 Å². The lowest BCUT2D eigenvalue weighted by Gasteiger charge is -2.13. The molecule has 1 aromatic carbocycles. The number of sulfone groups is 1. The van der Waals surface area contributed by atoms with Crippen molar-refractivity contribution >= 4 is 15.5 Å². The van der Waals surface area contributed by atoms with E-state index in [9.17, 15) is 8.42 Å². The molecule has 94 valence electrons. The van der Waals surface area contributed by atoms with Crippen LogP contribution in [0.25, 0.3) is 0 Å². The lowest BCUT2D eigenvalue weighted by atomic mass is 10.1. The van der Waals surface area contributed by atoms with Crippen LogP contribution < -0.4 is 5.73 Å². The number of nitrogens with two attached hydrogens (primary N) is 1. The third-order valence-corrected chi connectivity index (χ3v) is 5.61. The molecule has 1 aromatic rings. The van der Waals surface area contributed by atoms with Crippen molar-refractivity contribution in [3.8, 4) is 0 Å². The Morgan fingerprint density at radius 3 is 2.59 bits per heavy atom. The van der Waals surface area contributed by atoms with Gasteiger partial charge in [0.2, 0.25) is 0 Å². The molecule has 4 heteroatoms. The first-order valence-electron chi connectivity index (χ1n) is 6.08. The first-order valence-corrected chi connectivity index (χ1v) is 7.74. The van der Waals surface area contributed by atoms with Crippen LogP contribution in [0.5, 0.6) is 0 Å². The zero-order valence-electron chi connectivity index (χ0n) is 10.1. The Kier molecular flexibility index (Phi) is 3.43. The number of nitrogen functional groups attached to an aromatic ring is 1. The second-order valence-electron chi connectivity index (χ2n) is 4.90. The summed E-state index contributed by atoms with van der Waals surface area (Å²) < 4.78 is 24.6. The lowest BCUT2D eigenvalue weighted by Crippen LogP contribution is -2.15. The second kappa shape index (κ2) is 4.69. The van der Waals surface area contributed by atoms with Crippen LogP contribution in [0, 0.1) is 12.8 Å². The van der Waals surface area contributed by atoms with Crippen molar-refractivity contribution in [3.05, 3.63) is 23.8 Å². The smallest absolute Gasteiger partial charge is 0.178 e. The van der Waals surface area contributed by atoms with E-state index in [2.05, 4.69) is 0 Å². The number of rotatable bonds is 3. The van der Waals surface area contributed by atoms with E-state index in [4.69, 9.17) is 5.73 Å². The molecule has 0 radical (unpaired) electrons. The van der Waals surface area contributed by atoms with Crippen LogP contribution in [0.1, 0.15) is 31.2 Å². The average molecular weight is 253 g/mol. The molecular weight excluding hydrogens is 234 g/mol. The summed E-state index contributed by atoms with van der Waals surface area (Å²) in [6.45, 7) is 1.77. The van der Waals surface area contributed by atoms with Gasteiger partial charge >= 0.3 is 0 Å². The molecule has 0 unspecified atom stereocenters. The van der Waals surface area contributed by atoms with Crippen LogP contribution in [-0.2, 0) is 9.84 Å². The van der Waals surface area contributed by atoms with Gasteiger partial charge in [0, 0.05) is 5.69 Å². The molecule has 0 amide bonds. The fraction of sp³-hybridized carbons (Fsp3) is 0.538. The Labute approximate surface area is 103 Å². The van der Waals surface area contributed by atoms with E-state index in [-0.39, 0.29) is 5.75 Å². The van der Waals surface area contributed by atoms with Gasteiger partial charge in [-0.1, -0.05) is 18.9 Å². The van der Waals surface area contributed by atoms with Gasteiger partial charge in [-0.25, -0.2) is 8.42 Å². The van der Waals surface area contributed by atoms with Crippen LogP contribution in [0.2, 0.25) is 0 Å².